The summed E-state index contributed by atoms with van der Waals surface area (Å²) < 4.78 is 10.8. The highest BCUT2D eigenvalue weighted by Crippen LogP contribution is 2.35. The molecule has 0 N–H and O–H groups in total. The number of hydrogen-bond acceptors (Lipinski definition) is 4. The van der Waals surface area contributed by atoms with Gasteiger partial charge in [0.05, 0.1) is 17.9 Å². The second kappa shape index (κ2) is 9.24. The Balaban J connectivity index is 1.95. The first-order valence-electron chi connectivity index (χ1n) is 9.78. The minimum atomic E-state index is -0.465. The lowest BCUT2D eigenvalue weighted by Crippen LogP contribution is -2.27. The minimum absolute atomic E-state index is 0.282. The molecule has 0 aliphatic heterocycles. The second-order valence-electron chi connectivity index (χ2n) is 6.73. The average molecular weight is 391 g/mol. The number of hydrogen-bond donors (Lipinski definition) is 0. The van der Waals surface area contributed by atoms with E-state index >= 15 is 0 Å². The summed E-state index contributed by atoms with van der Waals surface area (Å²) in [5, 5.41) is 1.55. The lowest BCUT2D eigenvalue weighted by Gasteiger charge is -2.20. The number of esters is 1. The predicted octanol–water partition coefficient (Wildman–Crippen LogP) is 5.60. The van der Waals surface area contributed by atoms with Crippen LogP contribution in [-0.4, -0.2) is 25.7 Å². The van der Waals surface area contributed by atoms with Gasteiger partial charge >= 0.3 is 12.1 Å². The molecular weight excluding hydrogens is 366 g/mol. The van der Waals surface area contributed by atoms with Crippen molar-refractivity contribution in [3.63, 3.8) is 0 Å². The van der Waals surface area contributed by atoms with Crippen molar-refractivity contribution in [1.82, 2.24) is 0 Å². The van der Waals surface area contributed by atoms with Gasteiger partial charge in [-0.05, 0) is 48.6 Å². The molecule has 3 rings (SSSR count). The second-order valence-corrected chi connectivity index (χ2v) is 6.73. The fourth-order valence-electron chi connectivity index (χ4n) is 3.23. The largest absolute Gasteiger partial charge is 0.449 e. The third-order valence-corrected chi connectivity index (χ3v) is 4.68. The number of carbonyl (C=O) groups excluding carboxylic acids is 2. The fourth-order valence-corrected chi connectivity index (χ4v) is 3.23. The zero-order valence-electron chi connectivity index (χ0n) is 17.0. The molecule has 29 heavy (non-hydrogen) atoms. The molecule has 0 aliphatic rings. The summed E-state index contributed by atoms with van der Waals surface area (Å²) in [4.78, 5) is 26.4. The van der Waals surface area contributed by atoms with E-state index in [0.29, 0.717) is 22.4 Å². The molecule has 3 aromatic carbocycles. The first-order valence-corrected chi connectivity index (χ1v) is 9.78. The summed E-state index contributed by atoms with van der Waals surface area (Å²) in [6.45, 7) is 4.16. The van der Waals surface area contributed by atoms with Crippen molar-refractivity contribution in [2.24, 2.45) is 0 Å². The van der Waals surface area contributed by atoms with Crippen molar-refractivity contribution in [1.29, 1.82) is 0 Å². The molecule has 0 heterocycles. The molecule has 0 fully saturated rings. The van der Waals surface area contributed by atoms with E-state index < -0.39 is 12.1 Å². The van der Waals surface area contributed by atoms with Crippen LogP contribution in [0.2, 0.25) is 0 Å². The van der Waals surface area contributed by atoms with Crippen molar-refractivity contribution in [2.45, 2.75) is 26.7 Å². The lowest BCUT2D eigenvalue weighted by atomic mass is 10.1. The summed E-state index contributed by atoms with van der Waals surface area (Å²) >= 11 is 0. The number of anilines is 1. The molecule has 0 atom stereocenters. The quantitative estimate of drug-likeness (QED) is 0.405. The third kappa shape index (κ3) is 4.57. The van der Waals surface area contributed by atoms with Gasteiger partial charge in [-0.2, -0.15) is 0 Å². The van der Waals surface area contributed by atoms with Crippen LogP contribution in [0.15, 0.2) is 60.7 Å². The van der Waals surface area contributed by atoms with Crippen molar-refractivity contribution >= 4 is 28.5 Å². The Kier molecular flexibility index (Phi) is 6.50. The third-order valence-electron chi connectivity index (χ3n) is 4.68. The van der Waals surface area contributed by atoms with Crippen LogP contribution < -0.4 is 9.64 Å². The summed E-state index contributed by atoms with van der Waals surface area (Å²) in [5.74, 6) is -0.0361. The molecule has 1 amide bonds. The molecule has 3 aromatic rings. The number of nitrogens with zero attached hydrogens (tertiary/aromatic N) is 1. The Morgan fingerprint density at radius 1 is 0.931 bits per heavy atom. The highest BCUT2D eigenvalue weighted by atomic mass is 16.6. The van der Waals surface area contributed by atoms with Gasteiger partial charge in [0.25, 0.3) is 0 Å². The number of carbonyl (C=O) groups is 2. The Labute approximate surface area is 170 Å². The molecule has 0 spiro atoms. The van der Waals surface area contributed by atoms with Gasteiger partial charge in [0.15, 0.2) is 0 Å². The van der Waals surface area contributed by atoms with Gasteiger partial charge in [-0.15, -0.1) is 0 Å². The molecule has 0 radical (unpaired) electrons. The first-order chi connectivity index (χ1) is 14.0. The molecule has 0 unspecified atom stereocenters. The number of rotatable bonds is 6. The van der Waals surface area contributed by atoms with E-state index in [1.54, 1.807) is 38.2 Å². The molecule has 0 saturated heterocycles. The van der Waals surface area contributed by atoms with Crippen LogP contribution >= 0.6 is 0 Å². The lowest BCUT2D eigenvalue weighted by molar-refractivity contribution is 0.0737. The summed E-state index contributed by atoms with van der Waals surface area (Å²) in [7, 11) is 1.64. The average Bonchev–Trinajstić information content (AvgIpc) is 2.74. The summed E-state index contributed by atoms with van der Waals surface area (Å²) in [6, 6.07) is 18.5. The van der Waals surface area contributed by atoms with Gasteiger partial charge in [-0.3, -0.25) is 4.90 Å². The normalized spacial score (nSPS) is 10.6. The number of benzene rings is 3. The number of ether oxygens (including phenoxy) is 2. The van der Waals surface area contributed by atoms with Crippen LogP contribution in [0.4, 0.5) is 10.5 Å². The van der Waals surface area contributed by atoms with Crippen molar-refractivity contribution in [2.75, 3.05) is 18.6 Å². The number of fused-ring (bicyclic) bond motifs is 1. The van der Waals surface area contributed by atoms with Crippen LogP contribution in [0.1, 0.15) is 36.2 Å². The molecular formula is C24H25NO4. The van der Waals surface area contributed by atoms with Crippen LogP contribution in [-0.2, 0) is 11.2 Å². The van der Waals surface area contributed by atoms with Crippen LogP contribution in [0.5, 0.6) is 5.75 Å². The van der Waals surface area contributed by atoms with Crippen molar-refractivity contribution < 1.29 is 19.1 Å². The standard InChI is InChI=1S/C24H25NO4/c1-4-8-17-13-15-19(16-14-17)23(26)29-21-12-7-10-18-9-6-11-20(22(18)21)25(3)24(27)28-5-2/h6-7,9-16H,4-5,8H2,1-3H3. The molecule has 5 heteroatoms. The van der Waals surface area contributed by atoms with Gasteiger partial charge < -0.3 is 9.47 Å². The zero-order chi connectivity index (χ0) is 20.8. The van der Waals surface area contributed by atoms with Gasteiger partial charge in [0, 0.05) is 12.4 Å². The van der Waals surface area contributed by atoms with E-state index in [9.17, 15) is 9.59 Å². The first kappa shape index (κ1) is 20.4. The molecule has 0 saturated carbocycles. The SMILES string of the molecule is CCCc1ccc(C(=O)Oc2cccc3cccc(N(C)C(=O)OCC)c23)cc1. The van der Waals surface area contributed by atoms with E-state index in [1.807, 2.05) is 36.4 Å². The summed E-state index contributed by atoms with van der Waals surface area (Å²) in [5.41, 5.74) is 2.29. The smallest absolute Gasteiger partial charge is 0.414 e. The van der Waals surface area contributed by atoms with E-state index in [2.05, 4.69) is 6.92 Å². The topological polar surface area (TPSA) is 55.8 Å². The van der Waals surface area contributed by atoms with Crippen LogP contribution in [0.3, 0.4) is 0 Å². The monoisotopic (exact) mass is 391 g/mol. The van der Waals surface area contributed by atoms with E-state index in [1.165, 1.54) is 10.5 Å². The Bertz CT molecular complexity index is 1010. The van der Waals surface area contributed by atoms with E-state index in [0.717, 1.165) is 18.2 Å². The van der Waals surface area contributed by atoms with E-state index in [4.69, 9.17) is 9.47 Å². The van der Waals surface area contributed by atoms with E-state index in [-0.39, 0.29) is 6.61 Å². The maximum atomic E-state index is 12.7. The number of aryl methyl sites for hydroxylation is 1. The maximum Gasteiger partial charge on any atom is 0.414 e. The highest BCUT2D eigenvalue weighted by Gasteiger charge is 2.19. The molecule has 0 aliphatic carbocycles. The van der Waals surface area contributed by atoms with Crippen molar-refractivity contribution in [3.05, 3.63) is 71.8 Å². The van der Waals surface area contributed by atoms with Crippen LogP contribution in [0, 0.1) is 0 Å². The van der Waals surface area contributed by atoms with Gasteiger partial charge in [0.2, 0.25) is 0 Å². The highest BCUT2D eigenvalue weighted by molar-refractivity contribution is 6.05. The van der Waals surface area contributed by atoms with Gasteiger partial charge in [0.1, 0.15) is 5.75 Å². The minimum Gasteiger partial charge on any atom is -0.449 e. The maximum absolute atomic E-state index is 12.7. The summed E-state index contributed by atoms with van der Waals surface area (Å²) in [6.07, 6.45) is 1.56. The zero-order valence-corrected chi connectivity index (χ0v) is 17.0. The Morgan fingerprint density at radius 2 is 1.62 bits per heavy atom. The fraction of sp³-hybridized carbons (Fsp3) is 0.250. The van der Waals surface area contributed by atoms with Gasteiger partial charge in [-0.1, -0.05) is 49.7 Å². The van der Waals surface area contributed by atoms with Gasteiger partial charge in [-0.25, -0.2) is 9.59 Å². The number of amides is 1. The molecule has 5 nitrogen and oxygen atoms in total. The molecule has 150 valence electrons. The predicted molar refractivity (Wildman–Crippen MR) is 115 cm³/mol. The molecule has 0 aromatic heterocycles. The van der Waals surface area contributed by atoms with Crippen molar-refractivity contribution in [3.8, 4) is 5.75 Å². The van der Waals surface area contributed by atoms with Crippen LogP contribution in [0.25, 0.3) is 10.8 Å². The molecule has 0 bridgehead atoms. The Morgan fingerprint density at radius 3 is 2.28 bits per heavy atom. The Hall–Kier alpha value is -3.34.